The van der Waals surface area contributed by atoms with E-state index in [0.717, 1.165) is 33.7 Å². The van der Waals surface area contributed by atoms with Crippen LogP contribution in [0, 0.1) is 11.6 Å². The van der Waals surface area contributed by atoms with Gasteiger partial charge in [0.1, 0.15) is 27.7 Å². The van der Waals surface area contributed by atoms with Gasteiger partial charge in [-0.15, -0.1) is 0 Å². The van der Waals surface area contributed by atoms with Crippen LogP contribution in [0.1, 0.15) is 32.4 Å². The number of hydrogen-bond donors (Lipinski definition) is 2. The van der Waals surface area contributed by atoms with Crippen LogP contribution in [0.15, 0.2) is 114 Å². The highest BCUT2D eigenvalue weighted by atomic mass is 79.9. The molecule has 8 rings (SSSR count). The number of methoxy groups -OCH3 is 2. The highest BCUT2D eigenvalue weighted by molar-refractivity contribution is 9.10. The third-order valence-corrected chi connectivity index (χ3v) is 8.82. The molecule has 23 heteroatoms. The molecule has 0 radical (unpaired) electrons. The van der Waals surface area contributed by atoms with Crippen molar-refractivity contribution in [1.82, 2.24) is 39.0 Å². The van der Waals surface area contributed by atoms with Crippen LogP contribution < -0.4 is 20.5 Å². The van der Waals surface area contributed by atoms with Gasteiger partial charge in [0.15, 0.2) is 17.5 Å². The molecule has 4 heterocycles. The van der Waals surface area contributed by atoms with Gasteiger partial charge in [-0.25, -0.2) is 38.7 Å². The number of benzene rings is 4. The zero-order valence-corrected chi connectivity index (χ0v) is 33.7. The molecular formula is C40H27BrF8N10O4. The minimum absolute atomic E-state index is 0.0118. The van der Waals surface area contributed by atoms with Crippen molar-refractivity contribution in [3.05, 3.63) is 149 Å². The molecule has 3 N–H and O–H groups in total. The Morgan fingerprint density at radius 3 is 1.44 bits per heavy atom. The number of rotatable bonds is 7. The van der Waals surface area contributed by atoms with Gasteiger partial charge in [-0.1, -0.05) is 0 Å². The zero-order chi connectivity index (χ0) is 45.6. The number of carbonyl (C=O) groups excluding carboxylic acids is 2. The lowest BCUT2D eigenvalue weighted by atomic mass is 10.2. The van der Waals surface area contributed by atoms with Crippen molar-refractivity contribution in [2.75, 3.05) is 19.5 Å². The first-order valence-electron chi connectivity index (χ1n) is 17.6. The predicted octanol–water partition coefficient (Wildman–Crippen LogP) is 8.76. The lowest BCUT2D eigenvalue weighted by Gasteiger charge is -2.11. The minimum Gasteiger partial charge on any atom is -0.497 e. The number of ether oxygens (including phenoxy) is 2. The number of nitrogens with zero attached hydrogens (tertiary/aromatic N) is 8. The fourth-order valence-electron chi connectivity index (χ4n) is 5.54. The van der Waals surface area contributed by atoms with Gasteiger partial charge in [-0.3, -0.25) is 18.7 Å². The first kappa shape index (κ1) is 45.0. The highest BCUT2D eigenvalue weighted by Gasteiger charge is 2.39. The molecule has 0 fully saturated rings. The molecule has 4 aromatic heterocycles. The van der Waals surface area contributed by atoms with Crippen molar-refractivity contribution in [2.45, 2.75) is 12.4 Å². The van der Waals surface area contributed by atoms with E-state index in [1.54, 1.807) is 6.07 Å². The number of imidazole rings is 2. The molecule has 14 nitrogen and oxygen atoms in total. The first-order chi connectivity index (χ1) is 29.9. The molecule has 4 aromatic carbocycles. The summed E-state index contributed by atoms with van der Waals surface area (Å²) < 4.78 is 118. The minimum atomic E-state index is -4.75. The first-order valence-corrected chi connectivity index (χ1v) is 18.4. The summed E-state index contributed by atoms with van der Waals surface area (Å²) in [6.45, 7) is 0. The Hall–Kier alpha value is -7.56. The summed E-state index contributed by atoms with van der Waals surface area (Å²) in [6, 6.07) is 18.7. The molecular weight excluding hydrogens is 916 g/mol. The number of anilines is 1. The van der Waals surface area contributed by atoms with Gasteiger partial charge in [-0.2, -0.15) is 26.3 Å². The largest absolute Gasteiger partial charge is 0.497 e. The second-order valence-corrected chi connectivity index (χ2v) is 13.3. The molecule has 324 valence electrons. The zero-order valence-electron chi connectivity index (χ0n) is 32.1. The van der Waals surface area contributed by atoms with Crippen molar-refractivity contribution in [2.24, 2.45) is 5.73 Å². The summed E-state index contributed by atoms with van der Waals surface area (Å²) in [4.78, 5) is 45.8. The number of aromatic nitrogens is 8. The number of nitrogens with two attached hydrogens (primary N) is 1. The standard InChI is InChI=1S/C20H13F4N5O2.C13H8BrF3N4O.C7H6FNO/c1-31-13-6-7-15-14(8-13)27-19(20(22,23)24)29(15)17-10-25-16(9-26-17)28-18(30)11-2-4-12(21)5-3-11;1-22-7-2-3-9-8(4-7)20-12(13(15,16)17)21(9)11-6-18-10(14)5-19-11;8-6-3-1-5(2-4-6)7(9)10/h2-10H,1H3,(H,25,28,30);2-6H,1H3;1-4H,(H2,9,10). The van der Waals surface area contributed by atoms with Crippen LogP contribution in [-0.4, -0.2) is 65.1 Å². The van der Waals surface area contributed by atoms with Gasteiger partial charge < -0.3 is 20.5 Å². The van der Waals surface area contributed by atoms with Crippen molar-refractivity contribution in [1.29, 1.82) is 0 Å². The van der Waals surface area contributed by atoms with Crippen LogP contribution in [0.4, 0.5) is 40.9 Å². The van der Waals surface area contributed by atoms with E-state index in [1.807, 2.05) is 0 Å². The Morgan fingerprint density at radius 2 is 1.06 bits per heavy atom. The van der Waals surface area contributed by atoms with E-state index in [9.17, 15) is 44.7 Å². The number of primary amides is 1. The number of carbonyl (C=O) groups is 2. The maximum absolute atomic E-state index is 13.6. The van der Waals surface area contributed by atoms with E-state index in [-0.39, 0.29) is 50.9 Å². The average Bonchev–Trinajstić information content (AvgIpc) is 3.84. The van der Waals surface area contributed by atoms with Gasteiger partial charge in [0.05, 0.1) is 61.1 Å². The molecule has 0 unspecified atom stereocenters. The third kappa shape index (κ3) is 10.7. The normalized spacial score (nSPS) is 11.3. The van der Waals surface area contributed by atoms with Gasteiger partial charge in [0.2, 0.25) is 17.6 Å². The van der Waals surface area contributed by atoms with Gasteiger partial charge in [-0.05, 0) is 88.7 Å². The Morgan fingerprint density at radius 1 is 0.619 bits per heavy atom. The molecule has 0 saturated carbocycles. The summed E-state index contributed by atoms with van der Waals surface area (Å²) in [5.74, 6) is -3.53. The van der Waals surface area contributed by atoms with Gasteiger partial charge >= 0.3 is 12.4 Å². The van der Waals surface area contributed by atoms with E-state index < -0.39 is 41.6 Å². The smallest absolute Gasteiger partial charge is 0.450 e. The van der Waals surface area contributed by atoms with E-state index in [0.29, 0.717) is 21.7 Å². The van der Waals surface area contributed by atoms with Crippen molar-refractivity contribution >= 4 is 55.6 Å². The maximum Gasteiger partial charge on any atom is 0.450 e. The van der Waals surface area contributed by atoms with Crippen molar-refractivity contribution < 1.29 is 54.2 Å². The Balaban J connectivity index is 0.000000178. The molecule has 0 atom stereocenters. The summed E-state index contributed by atoms with van der Waals surface area (Å²) in [5.41, 5.74) is 6.07. The van der Waals surface area contributed by atoms with Crippen molar-refractivity contribution in [3.63, 3.8) is 0 Å². The molecule has 0 aliphatic carbocycles. The van der Waals surface area contributed by atoms with Crippen molar-refractivity contribution in [3.8, 4) is 23.1 Å². The molecule has 0 bridgehead atoms. The van der Waals surface area contributed by atoms with Crippen LogP contribution in [0.5, 0.6) is 11.5 Å². The summed E-state index contributed by atoms with van der Waals surface area (Å²) in [6.07, 6.45) is -4.60. The van der Waals surface area contributed by atoms with Crippen LogP contribution in [0.3, 0.4) is 0 Å². The van der Waals surface area contributed by atoms with Crippen LogP contribution in [-0.2, 0) is 12.4 Å². The Kier molecular flexibility index (Phi) is 13.3. The average molecular weight is 944 g/mol. The van der Waals surface area contributed by atoms with E-state index in [1.165, 1.54) is 93.3 Å². The topological polar surface area (TPSA) is 178 Å². The number of halogens is 9. The lowest BCUT2D eigenvalue weighted by Crippen LogP contribution is -2.16. The summed E-state index contributed by atoms with van der Waals surface area (Å²) in [5, 5.41) is 2.45. The number of fused-ring (bicyclic) bond motifs is 2. The fraction of sp³-hybridized carbons (Fsp3) is 0.100. The number of alkyl halides is 6. The second kappa shape index (κ2) is 18.6. The molecule has 0 saturated heterocycles. The number of nitrogens with one attached hydrogen (secondary N) is 1. The Bertz CT molecular complexity index is 2890. The van der Waals surface area contributed by atoms with E-state index in [2.05, 4.69) is 51.2 Å². The molecule has 63 heavy (non-hydrogen) atoms. The Labute approximate surface area is 357 Å². The van der Waals surface area contributed by atoms with Crippen LogP contribution >= 0.6 is 15.9 Å². The maximum atomic E-state index is 13.6. The molecule has 2 amide bonds. The third-order valence-electron chi connectivity index (χ3n) is 8.41. The molecule has 0 aliphatic rings. The predicted molar refractivity (Wildman–Crippen MR) is 213 cm³/mol. The van der Waals surface area contributed by atoms with Gasteiger partial charge in [0, 0.05) is 23.3 Å². The molecule has 8 aromatic rings. The summed E-state index contributed by atoms with van der Waals surface area (Å²) >= 11 is 3.10. The highest BCUT2D eigenvalue weighted by Crippen LogP contribution is 2.36. The number of hydrogen-bond acceptors (Lipinski definition) is 10. The number of amides is 2. The van der Waals surface area contributed by atoms with E-state index >= 15 is 0 Å². The monoisotopic (exact) mass is 942 g/mol. The van der Waals surface area contributed by atoms with E-state index in [4.69, 9.17) is 15.2 Å². The van der Waals surface area contributed by atoms with Gasteiger partial charge in [0.25, 0.3) is 5.91 Å². The SMILES string of the molecule is COc1ccc2c(c1)nc(C(F)(F)F)n2-c1cnc(Br)cn1.COc1ccc2c(c1)nc(C(F)(F)F)n2-c1cnc(NC(=O)c2ccc(F)cc2)cn1.NC(=O)c1ccc(F)cc1. The summed E-state index contributed by atoms with van der Waals surface area (Å²) in [7, 11) is 2.83. The van der Waals surface area contributed by atoms with Crippen LogP contribution in [0.2, 0.25) is 0 Å². The van der Waals surface area contributed by atoms with Crippen LogP contribution in [0.25, 0.3) is 33.7 Å². The fourth-order valence-corrected chi connectivity index (χ4v) is 5.75. The second-order valence-electron chi connectivity index (χ2n) is 12.5. The quantitative estimate of drug-likeness (QED) is 0.147. The lowest BCUT2D eigenvalue weighted by molar-refractivity contribution is -0.146. The molecule has 0 aliphatic heterocycles. The molecule has 0 spiro atoms.